The number of ether oxygens (including phenoxy) is 2. The van der Waals surface area contributed by atoms with Crippen molar-refractivity contribution >= 4 is 40.7 Å². The van der Waals surface area contributed by atoms with Crippen LogP contribution in [0.4, 0.5) is 5.69 Å². The minimum Gasteiger partial charge on any atom is -0.497 e. The van der Waals surface area contributed by atoms with Gasteiger partial charge in [0.15, 0.2) is 5.78 Å². The van der Waals surface area contributed by atoms with E-state index in [1.54, 1.807) is 43.5 Å². The lowest BCUT2D eigenvalue weighted by molar-refractivity contribution is -0.113. The summed E-state index contributed by atoms with van der Waals surface area (Å²) in [6, 6.07) is 10.3. The van der Waals surface area contributed by atoms with E-state index in [1.165, 1.54) is 18.9 Å². The van der Waals surface area contributed by atoms with Crippen LogP contribution >= 0.6 is 23.4 Å². The average molecular weight is 394 g/mol. The van der Waals surface area contributed by atoms with Gasteiger partial charge in [-0.1, -0.05) is 11.6 Å². The summed E-state index contributed by atoms with van der Waals surface area (Å²) in [6.07, 6.45) is 0. The van der Waals surface area contributed by atoms with Crippen molar-refractivity contribution in [2.24, 2.45) is 0 Å². The number of amides is 1. The molecule has 0 atom stereocenters. The number of rotatable bonds is 8. The normalized spacial score (nSPS) is 10.3. The molecule has 0 aromatic heterocycles. The molecule has 0 aliphatic heterocycles. The third-order valence-electron chi connectivity index (χ3n) is 3.64. The number of thioether (sulfide) groups is 1. The number of aryl methyl sites for hydroxylation is 1. The maximum absolute atomic E-state index is 12.4. The zero-order chi connectivity index (χ0) is 19.1. The van der Waals surface area contributed by atoms with Gasteiger partial charge in [-0.25, -0.2) is 0 Å². The second-order valence-electron chi connectivity index (χ2n) is 5.49. The van der Waals surface area contributed by atoms with Gasteiger partial charge >= 0.3 is 0 Å². The van der Waals surface area contributed by atoms with E-state index in [9.17, 15) is 9.59 Å². The lowest BCUT2D eigenvalue weighted by atomic mass is 10.1. The van der Waals surface area contributed by atoms with E-state index < -0.39 is 0 Å². The topological polar surface area (TPSA) is 64.6 Å². The number of hydrogen-bond donors (Lipinski definition) is 1. The summed E-state index contributed by atoms with van der Waals surface area (Å²) in [7, 11) is 3.05. The first-order valence-electron chi connectivity index (χ1n) is 7.83. The fraction of sp³-hybridized carbons (Fsp3) is 0.263. The lowest BCUT2D eigenvalue weighted by Crippen LogP contribution is -2.16. The summed E-state index contributed by atoms with van der Waals surface area (Å²) < 4.78 is 10.4. The summed E-state index contributed by atoms with van der Waals surface area (Å²) in [5.41, 5.74) is 2.06. The van der Waals surface area contributed by atoms with Gasteiger partial charge in [0.1, 0.15) is 11.5 Å². The molecule has 0 fully saturated rings. The first kappa shape index (κ1) is 20.1. The van der Waals surface area contributed by atoms with E-state index in [1.807, 2.05) is 6.92 Å². The lowest BCUT2D eigenvalue weighted by Gasteiger charge is -2.10. The highest BCUT2D eigenvalue weighted by Gasteiger charge is 2.14. The predicted octanol–water partition coefficient (Wildman–Crippen LogP) is 4.22. The van der Waals surface area contributed by atoms with Gasteiger partial charge in [-0.05, 0) is 42.8 Å². The van der Waals surface area contributed by atoms with E-state index >= 15 is 0 Å². The van der Waals surface area contributed by atoms with E-state index in [-0.39, 0.29) is 23.2 Å². The number of ketones is 1. The van der Waals surface area contributed by atoms with Crippen LogP contribution in [0.15, 0.2) is 36.4 Å². The second kappa shape index (κ2) is 9.50. The molecule has 7 heteroatoms. The number of carbonyl (C=O) groups excluding carboxylic acids is 2. The van der Waals surface area contributed by atoms with Gasteiger partial charge in [0.05, 0.1) is 31.3 Å². The van der Waals surface area contributed by atoms with Gasteiger partial charge < -0.3 is 14.8 Å². The van der Waals surface area contributed by atoms with Crippen LogP contribution in [0, 0.1) is 6.92 Å². The third kappa shape index (κ3) is 5.41. The number of anilines is 1. The van der Waals surface area contributed by atoms with Crippen LogP contribution in [0.1, 0.15) is 15.9 Å². The SMILES string of the molecule is COc1ccc(C(=O)CSCC(=O)Nc2ccc(Cl)cc2C)c(OC)c1. The van der Waals surface area contributed by atoms with Crippen molar-refractivity contribution in [3.63, 3.8) is 0 Å². The molecular weight excluding hydrogens is 374 g/mol. The van der Waals surface area contributed by atoms with Crippen molar-refractivity contribution in [3.8, 4) is 11.5 Å². The summed E-state index contributed by atoms with van der Waals surface area (Å²) in [5, 5.41) is 3.44. The highest BCUT2D eigenvalue weighted by atomic mass is 35.5. The van der Waals surface area contributed by atoms with Crippen LogP contribution in [0.25, 0.3) is 0 Å². The molecule has 138 valence electrons. The molecule has 2 rings (SSSR count). The first-order chi connectivity index (χ1) is 12.4. The molecule has 2 aromatic carbocycles. The number of benzene rings is 2. The van der Waals surface area contributed by atoms with Gasteiger partial charge in [-0.15, -0.1) is 11.8 Å². The zero-order valence-corrected chi connectivity index (χ0v) is 16.4. The first-order valence-corrected chi connectivity index (χ1v) is 9.37. The molecule has 0 unspecified atom stereocenters. The number of methoxy groups -OCH3 is 2. The van der Waals surface area contributed by atoms with Crippen molar-refractivity contribution < 1.29 is 19.1 Å². The molecule has 0 saturated carbocycles. The van der Waals surface area contributed by atoms with E-state index in [2.05, 4.69) is 5.32 Å². The van der Waals surface area contributed by atoms with Gasteiger partial charge in [0, 0.05) is 16.8 Å². The number of carbonyl (C=O) groups is 2. The van der Waals surface area contributed by atoms with Crippen LogP contribution < -0.4 is 14.8 Å². The largest absolute Gasteiger partial charge is 0.497 e. The summed E-state index contributed by atoms with van der Waals surface area (Å²) >= 11 is 7.15. The monoisotopic (exact) mass is 393 g/mol. The fourth-order valence-corrected chi connectivity index (χ4v) is 3.22. The molecule has 0 bridgehead atoms. The Morgan fingerprint density at radius 2 is 1.85 bits per heavy atom. The van der Waals surface area contributed by atoms with Crippen molar-refractivity contribution in [2.75, 3.05) is 31.0 Å². The molecule has 5 nitrogen and oxygen atoms in total. The molecule has 0 aliphatic carbocycles. The van der Waals surface area contributed by atoms with Crippen LogP contribution in [-0.4, -0.2) is 37.4 Å². The second-order valence-corrected chi connectivity index (χ2v) is 6.91. The molecule has 0 heterocycles. The zero-order valence-electron chi connectivity index (χ0n) is 14.8. The number of hydrogen-bond acceptors (Lipinski definition) is 5. The van der Waals surface area contributed by atoms with E-state index in [4.69, 9.17) is 21.1 Å². The molecule has 1 N–H and O–H groups in total. The summed E-state index contributed by atoms with van der Waals surface area (Å²) in [4.78, 5) is 24.4. The van der Waals surface area contributed by atoms with E-state index in [0.29, 0.717) is 27.8 Å². The Bertz CT molecular complexity index is 810. The maximum atomic E-state index is 12.4. The minimum atomic E-state index is -0.171. The average Bonchev–Trinajstić information content (AvgIpc) is 2.63. The Labute approximate surface area is 162 Å². The van der Waals surface area contributed by atoms with E-state index in [0.717, 1.165) is 5.56 Å². The van der Waals surface area contributed by atoms with Crippen LogP contribution in [-0.2, 0) is 4.79 Å². The summed E-state index contributed by atoms with van der Waals surface area (Å²) in [5.74, 6) is 1.14. The maximum Gasteiger partial charge on any atom is 0.234 e. The predicted molar refractivity (Wildman–Crippen MR) is 106 cm³/mol. The molecule has 2 aromatic rings. The van der Waals surface area contributed by atoms with Crippen molar-refractivity contribution in [2.45, 2.75) is 6.92 Å². The van der Waals surface area contributed by atoms with Crippen molar-refractivity contribution in [1.82, 2.24) is 0 Å². The van der Waals surface area contributed by atoms with Gasteiger partial charge in [-0.2, -0.15) is 0 Å². The Balaban J connectivity index is 1.89. The Hall–Kier alpha value is -2.18. The number of nitrogens with one attached hydrogen (secondary N) is 1. The Morgan fingerprint density at radius 1 is 1.08 bits per heavy atom. The molecule has 1 amide bonds. The number of halogens is 1. The highest BCUT2D eigenvalue weighted by molar-refractivity contribution is 8.00. The summed E-state index contributed by atoms with van der Waals surface area (Å²) in [6.45, 7) is 1.87. The quantitative estimate of drug-likeness (QED) is 0.680. The minimum absolute atomic E-state index is 0.107. The molecular formula is C19H20ClNO4S. The van der Waals surface area contributed by atoms with Gasteiger partial charge in [0.25, 0.3) is 0 Å². The smallest absolute Gasteiger partial charge is 0.234 e. The highest BCUT2D eigenvalue weighted by Crippen LogP contribution is 2.26. The standard InChI is InChI=1S/C19H20ClNO4S/c1-12-8-13(20)4-7-16(12)21-19(23)11-26-10-17(22)15-6-5-14(24-2)9-18(15)25-3/h4-9H,10-11H2,1-3H3,(H,21,23). The van der Waals surface area contributed by atoms with Crippen LogP contribution in [0.3, 0.4) is 0 Å². The third-order valence-corrected chi connectivity index (χ3v) is 4.81. The molecule has 0 aliphatic rings. The van der Waals surface area contributed by atoms with Gasteiger partial charge in [0.2, 0.25) is 5.91 Å². The van der Waals surface area contributed by atoms with Crippen LogP contribution in [0.5, 0.6) is 11.5 Å². The number of Topliss-reactive ketones (excluding diaryl/α,β-unsaturated/α-hetero) is 1. The van der Waals surface area contributed by atoms with Crippen molar-refractivity contribution in [1.29, 1.82) is 0 Å². The van der Waals surface area contributed by atoms with Crippen LogP contribution in [0.2, 0.25) is 5.02 Å². The van der Waals surface area contributed by atoms with Gasteiger partial charge in [-0.3, -0.25) is 9.59 Å². The fourth-order valence-electron chi connectivity index (χ4n) is 2.30. The van der Waals surface area contributed by atoms with Crippen molar-refractivity contribution in [3.05, 3.63) is 52.5 Å². The molecule has 0 saturated heterocycles. The Morgan fingerprint density at radius 3 is 2.50 bits per heavy atom. The molecule has 0 radical (unpaired) electrons. The molecule has 26 heavy (non-hydrogen) atoms. The molecule has 0 spiro atoms. The Kier molecular flexibility index (Phi) is 7.36.